The maximum Gasteiger partial charge on any atom is 0.338 e. The van der Waals surface area contributed by atoms with Crippen molar-refractivity contribution in [2.24, 2.45) is 4.99 Å². The minimum Gasteiger partial charge on any atom is -0.463 e. The first kappa shape index (κ1) is 21.6. The van der Waals surface area contributed by atoms with Gasteiger partial charge in [0.25, 0.3) is 5.56 Å². The standard InChI is InChI=1S/C23H18Cl2N2O3S/c1-3-30-22(29)19-13(2)26-23-27(20(19)15-7-9-16(24)10-8-15)21(28)18(31-23)12-14-5-4-6-17(25)11-14/h4-12,20H,3H2,1-2H3/b18-12+/t20-/m0/s1. The molecule has 0 fully saturated rings. The maximum atomic E-state index is 13.4. The van der Waals surface area contributed by atoms with Crippen LogP contribution in [0.1, 0.15) is 31.0 Å². The quantitative estimate of drug-likeness (QED) is 0.536. The van der Waals surface area contributed by atoms with Crippen molar-refractivity contribution in [3.63, 3.8) is 0 Å². The monoisotopic (exact) mass is 472 g/mol. The average molecular weight is 473 g/mol. The Morgan fingerprint density at radius 3 is 2.61 bits per heavy atom. The summed E-state index contributed by atoms with van der Waals surface area (Å²) in [5.74, 6) is -0.493. The lowest BCUT2D eigenvalue weighted by molar-refractivity contribution is -0.139. The smallest absolute Gasteiger partial charge is 0.338 e. The third-order valence-corrected chi connectivity index (χ3v) is 6.32. The zero-order valence-electron chi connectivity index (χ0n) is 16.8. The van der Waals surface area contributed by atoms with Crippen molar-refractivity contribution >= 4 is 46.6 Å². The van der Waals surface area contributed by atoms with Gasteiger partial charge in [-0.3, -0.25) is 9.36 Å². The van der Waals surface area contributed by atoms with Crippen molar-refractivity contribution in [2.45, 2.75) is 19.9 Å². The zero-order chi connectivity index (χ0) is 22.1. The molecule has 1 aromatic heterocycles. The summed E-state index contributed by atoms with van der Waals surface area (Å²) >= 11 is 13.4. The van der Waals surface area contributed by atoms with Gasteiger partial charge in [-0.15, -0.1) is 0 Å². The van der Waals surface area contributed by atoms with Crippen LogP contribution in [0.4, 0.5) is 0 Å². The Hall–Kier alpha value is -2.67. The van der Waals surface area contributed by atoms with Crippen LogP contribution in [0.2, 0.25) is 10.0 Å². The summed E-state index contributed by atoms with van der Waals surface area (Å²) in [6.45, 7) is 3.72. The summed E-state index contributed by atoms with van der Waals surface area (Å²) in [6, 6.07) is 13.7. The SMILES string of the molecule is CCOC(=O)C1=C(C)N=c2s/c(=C/c3cccc(Cl)c3)c(=O)n2[C@H]1c1ccc(Cl)cc1. The molecule has 1 aliphatic rings. The van der Waals surface area contributed by atoms with E-state index in [1.165, 1.54) is 11.3 Å². The van der Waals surface area contributed by atoms with Crippen LogP contribution >= 0.6 is 34.5 Å². The molecule has 1 aliphatic heterocycles. The molecule has 2 heterocycles. The summed E-state index contributed by atoms with van der Waals surface area (Å²) in [5.41, 5.74) is 2.18. The van der Waals surface area contributed by atoms with E-state index < -0.39 is 12.0 Å². The van der Waals surface area contributed by atoms with E-state index in [1.54, 1.807) is 60.9 Å². The van der Waals surface area contributed by atoms with E-state index >= 15 is 0 Å². The van der Waals surface area contributed by atoms with Crippen LogP contribution in [0.25, 0.3) is 6.08 Å². The molecule has 31 heavy (non-hydrogen) atoms. The molecule has 0 spiro atoms. The number of fused-ring (bicyclic) bond motifs is 1. The van der Waals surface area contributed by atoms with Crippen molar-refractivity contribution in [1.29, 1.82) is 0 Å². The number of rotatable bonds is 4. The highest BCUT2D eigenvalue weighted by Crippen LogP contribution is 2.31. The molecule has 0 bridgehead atoms. The predicted molar refractivity (Wildman–Crippen MR) is 123 cm³/mol. The molecule has 3 aromatic rings. The van der Waals surface area contributed by atoms with Gasteiger partial charge in [0, 0.05) is 10.0 Å². The number of carbonyl (C=O) groups is 1. The zero-order valence-corrected chi connectivity index (χ0v) is 19.1. The van der Waals surface area contributed by atoms with Crippen LogP contribution in [0.3, 0.4) is 0 Å². The Morgan fingerprint density at radius 2 is 1.94 bits per heavy atom. The molecule has 2 aromatic carbocycles. The first-order chi connectivity index (χ1) is 14.9. The van der Waals surface area contributed by atoms with Crippen molar-refractivity contribution in [1.82, 2.24) is 4.57 Å². The number of hydrogen-bond acceptors (Lipinski definition) is 5. The summed E-state index contributed by atoms with van der Waals surface area (Å²) in [4.78, 5) is 31.3. The fraction of sp³-hybridized carbons (Fsp3) is 0.174. The number of halogens is 2. The Labute approximate surface area is 192 Å². The van der Waals surface area contributed by atoms with Gasteiger partial charge >= 0.3 is 5.97 Å². The third-order valence-electron chi connectivity index (χ3n) is 4.85. The van der Waals surface area contributed by atoms with Crippen molar-refractivity contribution in [2.75, 3.05) is 6.61 Å². The average Bonchev–Trinajstić information content (AvgIpc) is 3.02. The Balaban J connectivity index is 1.96. The number of nitrogens with zero attached hydrogens (tertiary/aromatic N) is 2. The minimum absolute atomic E-state index is 0.224. The summed E-state index contributed by atoms with van der Waals surface area (Å²) in [7, 11) is 0. The van der Waals surface area contributed by atoms with Crippen molar-refractivity contribution in [3.05, 3.63) is 101 Å². The van der Waals surface area contributed by atoms with Crippen LogP contribution < -0.4 is 14.9 Å². The second-order valence-electron chi connectivity index (χ2n) is 6.91. The molecule has 1 atom stereocenters. The highest BCUT2D eigenvalue weighted by atomic mass is 35.5. The lowest BCUT2D eigenvalue weighted by Gasteiger charge is -2.24. The molecule has 0 radical (unpaired) electrons. The van der Waals surface area contributed by atoms with E-state index in [-0.39, 0.29) is 12.2 Å². The number of thiazole rings is 1. The molecule has 158 valence electrons. The topological polar surface area (TPSA) is 60.7 Å². The summed E-state index contributed by atoms with van der Waals surface area (Å²) in [6.07, 6.45) is 1.78. The Morgan fingerprint density at radius 1 is 1.19 bits per heavy atom. The Kier molecular flexibility index (Phi) is 6.14. The molecule has 0 N–H and O–H groups in total. The number of aromatic nitrogens is 1. The van der Waals surface area contributed by atoms with Gasteiger partial charge in [-0.1, -0.05) is 58.8 Å². The van der Waals surface area contributed by atoms with Crippen LogP contribution in [-0.4, -0.2) is 17.1 Å². The molecule has 5 nitrogen and oxygen atoms in total. The number of allylic oxidation sites excluding steroid dienone is 1. The number of ether oxygens (including phenoxy) is 1. The predicted octanol–water partition coefficient (Wildman–Crippen LogP) is 4.11. The minimum atomic E-state index is -0.658. The lowest BCUT2D eigenvalue weighted by Crippen LogP contribution is -2.39. The van der Waals surface area contributed by atoms with Gasteiger partial charge in [-0.05, 0) is 55.3 Å². The van der Waals surface area contributed by atoms with Gasteiger partial charge in [-0.2, -0.15) is 0 Å². The molecule has 0 aliphatic carbocycles. The van der Waals surface area contributed by atoms with Gasteiger partial charge in [-0.25, -0.2) is 9.79 Å². The highest BCUT2D eigenvalue weighted by molar-refractivity contribution is 7.07. The van der Waals surface area contributed by atoms with E-state index in [2.05, 4.69) is 4.99 Å². The summed E-state index contributed by atoms with van der Waals surface area (Å²) < 4.78 is 7.32. The number of hydrogen-bond donors (Lipinski definition) is 0. The van der Waals surface area contributed by atoms with Crippen LogP contribution in [-0.2, 0) is 9.53 Å². The van der Waals surface area contributed by atoms with Crippen LogP contribution in [0.15, 0.2) is 69.6 Å². The van der Waals surface area contributed by atoms with Crippen LogP contribution in [0, 0.1) is 0 Å². The lowest BCUT2D eigenvalue weighted by atomic mass is 9.96. The third kappa shape index (κ3) is 4.24. The Bertz CT molecular complexity index is 1370. The molecule has 8 heteroatoms. The normalized spacial score (nSPS) is 16.1. The van der Waals surface area contributed by atoms with Gasteiger partial charge in [0.15, 0.2) is 4.80 Å². The van der Waals surface area contributed by atoms with Gasteiger partial charge in [0.1, 0.15) is 0 Å². The molecule has 4 rings (SSSR count). The van der Waals surface area contributed by atoms with Crippen molar-refractivity contribution in [3.8, 4) is 0 Å². The van der Waals surface area contributed by atoms with E-state index in [9.17, 15) is 9.59 Å². The van der Waals surface area contributed by atoms with E-state index in [0.717, 1.165) is 11.1 Å². The number of benzene rings is 2. The number of carbonyl (C=O) groups excluding carboxylic acids is 1. The fourth-order valence-electron chi connectivity index (χ4n) is 3.50. The summed E-state index contributed by atoms with van der Waals surface area (Å²) in [5, 5.41) is 1.15. The van der Waals surface area contributed by atoms with Gasteiger partial charge in [0.05, 0.1) is 28.5 Å². The molecule has 0 unspecified atom stereocenters. The van der Waals surface area contributed by atoms with Gasteiger partial charge < -0.3 is 4.74 Å². The maximum absolute atomic E-state index is 13.4. The first-order valence-corrected chi connectivity index (χ1v) is 11.2. The van der Waals surface area contributed by atoms with E-state index in [1.807, 2.05) is 12.1 Å². The van der Waals surface area contributed by atoms with Crippen molar-refractivity contribution < 1.29 is 9.53 Å². The van der Waals surface area contributed by atoms with Gasteiger partial charge in [0.2, 0.25) is 0 Å². The largest absolute Gasteiger partial charge is 0.463 e. The fourth-order valence-corrected chi connectivity index (χ4v) is 4.87. The van der Waals surface area contributed by atoms with Crippen LogP contribution in [0.5, 0.6) is 0 Å². The number of esters is 1. The first-order valence-electron chi connectivity index (χ1n) is 9.59. The second-order valence-corrected chi connectivity index (χ2v) is 8.79. The molecule has 0 saturated heterocycles. The molecular formula is C23H18Cl2N2O3S. The molecule has 0 saturated carbocycles. The highest BCUT2D eigenvalue weighted by Gasteiger charge is 2.33. The second kappa shape index (κ2) is 8.83. The van der Waals surface area contributed by atoms with E-state index in [0.29, 0.717) is 30.6 Å². The van der Waals surface area contributed by atoms with E-state index in [4.69, 9.17) is 27.9 Å². The molecule has 0 amide bonds. The molecular weight excluding hydrogens is 455 g/mol.